The number of allylic oxidation sites excluding steroid dienone is 4. The van der Waals surface area contributed by atoms with Crippen LogP contribution in [0.25, 0.3) is 0 Å². The van der Waals surface area contributed by atoms with E-state index >= 15 is 0 Å². The monoisotopic (exact) mass is 668 g/mol. The molecule has 2 rings (SSSR count). The summed E-state index contributed by atoms with van der Waals surface area (Å²) in [6.45, 7) is 24.6. The van der Waals surface area contributed by atoms with E-state index in [2.05, 4.69) is 72.8 Å². The molecule has 1 unspecified atom stereocenters. The van der Waals surface area contributed by atoms with E-state index in [-0.39, 0.29) is 6.04 Å². The summed E-state index contributed by atoms with van der Waals surface area (Å²) < 4.78 is 26.9. The number of rotatable bonds is 18. The van der Waals surface area contributed by atoms with E-state index in [0.717, 1.165) is 61.0 Å². The minimum absolute atomic E-state index is 0.122. The van der Waals surface area contributed by atoms with Crippen molar-refractivity contribution in [1.82, 2.24) is 20.4 Å². The molecule has 48 heavy (non-hydrogen) atoms. The van der Waals surface area contributed by atoms with Gasteiger partial charge in [0.2, 0.25) is 5.75 Å². The van der Waals surface area contributed by atoms with Gasteiger partial charge in [0.25, 0.3) is 0 Å². The minimum atomic E-state index is 0.122. The summed E-state index contributed by atoms with van der Waals surface area (Å²) in [5.41, 5.74) is 4.44. The molecule has 0 saturated heterocycles. The molecule has 1 atom stereocenters. The Morgan fingerprint density at radius 3 is 2.04 bits per heavy atom. The van der Waals surface area contributed by atoms with E-state index in [0.29, 0.717) is 17.2 Å². The van der Waals surface area contributed by atoms with Gasteiger partial charge >= 0.3 is 0 Å². The Balaban J connectivity index is 0.000000959. The highest BCUT2D eigenvalue weighted by molar-refractivity contribution is 5.55. The number of hydrogen-bond acceptors (Lipinski definition) is 9. The van der Waals surface area contributed by atoms with Gasteiger partial charge in [-0.05, 0) is 108 Å². The van der Waals surface area contributed by atoms with Crippen LogP contribution in [0.1, 0.15) is 59.6 Å². The van der Waals surface area contributed by atoms with Crippen LogP contribution >= 0.6 is 0 Å². The van der Waals surface area contributed by atoms with Crippen LogP contribution in [0.4, 0.5) is 0 Å². The Bertz CT molecular complexity index is 1220. The van der Waals surface area contributed by atoms with Gasteiger partial charge < -0.3 is 39.2 Å². The largest absolute Gasteiger partial charge is 0.493 e. The molecule has 9 nitrogen and oxygen atoms in total. The lowest BCUT2D eigenvalue weighted by molar-refractivity contribution is 0.217. The average Bonchev–Trinajstić information content (AvgIpc) is 3.08. The molecule has 270 valence electrons. The lowest BCUT2D eigenvalue weighted by Crippen LogP contribution is -2.30. The molecule has 0 bridgehead atoms. The first-order valence-electron chi connectivity index (χ1n) is 16.5. The molecule has 0 spiro atoms. The third kappa shape index (κ3) is 16.2. The van der Waals surface area contributed by atoms with Crippen LogP contribution in [0.15, 0.2) is 96.4 Å². The van der Waals surface area contributed by atoms with Crippen LogP contribution in [0.2, 0.25) is 0 Å². The number of methoxy groups -OCH3 is 5. The number of nitrogens with one attached hydrogen (secondary N) is 2. The first kappa shape index (κ1) is 43.9. The van der Waals surface area contributed by atoms with Crippen LogP contribution in [0.3, 0.4) is 0 Å². The Labute approximate surface area is 292 Å². The molecule has 9 heteroatoms. The molecule has 0 radical (unpaired) electrons. The molecule has 0 aliphatic carbocycles. The van der Waals surface area contributed by atoms with Gasteiger partial charge in [-0.3, -0.25) is 4.90 Å². The number of benzene rings is 1. The first-order valence-corrected chi connectivity index (χ1v) is 16.5. The van der Waals surface area contributed by atoms with Crippen molar-refractivity contribution >= 4 is 0 Å². The lowest BCUT2D eigenvalue weighted by atomic mass is 10.00. The fourth-order valence-electron chi connectivity index (χ4n) is 4.82. The Kier molecular flexibility index (Phi) is 23.7. The second-order valence-electron chi connectivity index (χ2n) is 11.2. The van der Waals surface area contributed by atoms with Gasteiger partial charge in [-0.15, -0.1) is 0 Å². The Morgan fingerprint density at radius 2 is 1.65 bits per heavy atom. The predicted octanol–water partition coefficient (Wildman–Crippen LogP) is 7.75. The van der Waals surface area contributed by atoms with Crippen LogP contribution in [0, 0.1) is 0 Å². The summed E-state index contributed by atoms with van der Waals surface area (Å²) in [5.74, 6) is 3.46. The fourth-order valence-corrected chi connectivity index (χ4v) is 4.82. The Hall–Kier alpha value is -4.08. The van der Waals surface area contributed by atoms with E-state index in [1.54, 1.807) is 41.7 Å². The third-order valence-electron chi connectivity index (χ3n) is 7.12. The van der Waals surface area contributed by atoms with E-state index in [4.69, 9.17) is 23.7 Å². The zero-order chi connectivity index (χ0) is 36.5. The zero-order valence-electron chi connectivity index (χ0n) is 31.9. The SMILES string of the molecule is C=C(C)/C=C(/OC)C(OC)=C(C)C.C=CN/C=C\C.CCNCCCN(CC)CC1=CN(C)C(c2cc(OC)c(OC)c(OC)c2)C=C1. The van der Waals surface area contributed by atoms with Gasteiger partial charge in [-0.25, -0.2) is 0 Å². The highest BCUT2D eigenvalue weighted by atomic mass is 16.5. The van der Waals surface area contributed by atoms with Gasteiger partial charge in [-0.2, -0.15) is 0 Å². The van der Waals surface area contributed by atoms with Crippen molar-refractivity contribution in [2.45, 2.75) is 54.0 Å². The molecule has 0 fully saturated rings. The second-order valence-corrected chi connectivity index (χ2v) is 11.2. The van der Waals surface area contributed by atoms with Crippen molar-refractivity contribution in [1.29, 1.82) is 0 Å². The normalized spacial score (nSPS) is 13.8. The van der Waals surface area contributed by atoms with Crippen molar-refractivity contribution in [3.63, 3.8) is 0 Å². The maximum absolute atomic E-state index is 5.51. The van der Waals surface area contributed by atoms with E-state index in [1.807, 2.05) is 58.2 Å². The molecule has 1 aliphatic heterocycles. The molecular formula is C39H64N4O5. The highest BCUT2D eigenvalue weighted by Crippen LogP contribution is 2.41. The Morgan fingerprint density at radius 1 is 1.00 bits per heavy atom. The molecule has 1 heterocycles. The van der Waals surface area contributed by atoms with Gasteiger partial charge in [0.15, 0.2) is 23.0 Å². The number of likely N-dealkylation sites (N-methyl/N-ethyl adjacent to an activating group) is 2. The molecule has 2 N–H and O–H groups in total. The zero-order valence-corrected chi connectivity index (χ0v) is 31.9. The van der Waals surface area contributed by atoms with E-state index in [9.17, 15) is 0 Å². The smallest absolute Gasteiger partial charge is 0.203 e. The van der Waals surface area contributed by atoms with Crippen molar-refractivity contribution in [2.24, 2.45) is 0 Å². The quantitative estimate of drug-likeness (QED) is 0.0928. The molecule has 0 saturated carbocycles. The van der Waals surface area contributed by atoms with Gasteiger partial charge in [0.1, 0.15) is 0 Å². The molecule has 1 aromatic rings. The van der Waals surface area contributed by atoms with Crippen LogP contribution < -0.4 is 24.8 Å². The maximum Gasteiger partial charge on any atom is 0.203 e. The van der Waals surface area contributed by atoms with Crippen LogP contribution in [-0.2, 0) is 9.47 Å². The highest BCUT2D eigenvalue weighted by Gasteiger charge is 2.21. The average molecular weight is 669 g/mol. The third-order valence-corrected chi connectivity index (χ3v) is 7.12. The molecule has 1 aliphatic rings. The fraction of sp³-hybridized carbons (Fsp3) is 0.487. The predicted molar refractivity (Wildman–Crippen MR) is 203 cm³/mol. The standard InChI is InChI=1S/C23H37N3O3.C11H18O2.C5H9N/c1-7-24-12-9-13-26(8-2)17-18-10-11-20(25(3)16-18)19-14-21(27-4)23(29-6)22(15-19)28-5;1-8(2)7-10(12-5)11(13-6)9(3)4;1-3-5-6-4-2/h10-11,14-16,20,24H,7-9,12-13,17H2,1-6H3;7H,1H2,2-6H3;3-6H,2H2,1H3/b;10-7+;5-3-. The topological polar surface area (TPSA) is 76.7 Å². The van der Waals surface area contributed by atoms with Gasteiger partial charge in [0.05, 0.1) is 41.6 Å². The van der Waals surface area contributed by atoms with Crippen LogP contribution in [0.5, 0.6) is 17.2 Å². The minimum Gasteiger partial charge on any atom is -0.493 e. The summed E-state index contributed by atoms with van der Waals surface area (Å²) in [7, 11) is 10.3. The van der Waals surface area contributed by atoms with Crippen molar-refractivity contribution < 1.29 is 23.7 Å². The molecular weight excluding hydrogens is 604 g/mol. The summed E-state index contributed by atoms with van der Waals surface area (Å²) >= 11 is 0. The van der Waals surface area contributed by atoms with Gasteiger partial charge in [-0.1, -0.05) is 50.8 Å². The van der Waals surface area contributed by atoms with E-state index < -0.39 is 0 Å². The lowest BCUT2D eigenvalue weighted by Gasteiger charge is -2.31. The number of hydrogen-bond donors (Lipinski definition) is 2. The summed E-state index contributed by atoms with van der Waals surface area (Å²) in [5, 5.41) is 6.18. The first-order chi connectivity index (χ1) is 23.0. The van der Waals surface area contributed by atoms with E-state index in [1.165, 1.54) is 12.0 Å². The number of nitrogens with zero attached hydrogens (tertiary/aromatic N) is 2. The van der Waals surface area contributed by atoms with Crippen molar-refractivity contribution in [2.75, 3.05) is 75.3 Å². The maximum atomic E-state index is 5.51. The molecule has 0 aromatic heterocycles. The molecule has 0 amide bonds. The summed E-state index contributed by atoms with van der Waals surface area (Å²) in [4.78, 5) is 4.73. The number of ether oxygens (including phenoxy) is 5. The summed E-state index contributed by atoms with van der Waals surface area (Å²) in [6.07, 6.45) is 15.1. The summed E-state index contributed by atoms with van der Waals surface area (Å²) in [6, 6.07) is 4.16. The van der Waals surface area contributed by atoms with Crippen molar-refractivity contribution in [3.05, 3.63) is 102 Å². The van der Waals surface area contributed by atoms with Gasteiger partial charge in [0, 0.05) is 19.8 Å². The molecule has 1 aromatic carbocycles. The van der Waals surface area contributed by atoms with Crippen LogP contribution in [-0.4, -0.2) is 85.1 Å². The second kappa shape index (κ2) is 25.9. The van der Waals surface area contributed by atoms with Crippen molar-refractivity contribution in [3.8, 4) is 17.2 Å².